The first-order valence-electron chi connectivity index (χ1n) is 8.27. The number of sulfone groups is 1. The fraction of sp³-hybridized carbons (Fsp3) is 0.222. The minimum Gasteiger partial charge on any atom is -0.494 e. The fourth-order valence-corrected chi connectivity index (χ4v) is 4.80. The molecule has 3 rings (SSSR count). The molecule has 0 saturated heterocycles. The lowest BCUT2D eigenvalue weighted by Crippen LogP contribution is -2.30. The van der Waals surface area contributed by atoms with Crippen LogP contribution in [-0.2, 0) is 14.6 Å². The van der Waals surface area contributed by atoms with Crippen molar-refractivity contribution in [2.24, 2.45) is 0 Å². The number of carbonyl (C=O) groups excluding carboxylic acids is 1. The van der Waals surface area contributed by atoms with Crippen LogP contribution >= 0.6 is 22.9 Å². The van der Waals surface area contributed by atoms with E-state index in [0.29, 0.717) is 21.4 Å². The lowest BCUT2D eigenvalue weighted by atomic mass is 10.2. The summed E-state index contributed by atoms with van der Waals surface area (Å²) in [7, 11) is -1.99. The number of thiazole rings is 1. The average Bonchev–Trinajstić information content (AvgIpc) is 3.11. The van der Waals surface area contributed by atoms with E-state index in [1.807, 2.05) is 6.92 Å². The van der Waals surface area contributed by atoms with E-state index in [9.17, 15) is 13.2 Å². The topological polar surface area (TPSA) is 97.4 Å². The number of nitrogens with zero attached hydrogens (tertiary/aromatic N) is 1. The number of hydrogen-bond donors (Lipinski definition) is 2. The third-order valence-electron chi connectivity index (χ3n) is 3.97. The zero-order valence-corrected chi connectivity index (χ0v) is 17.5. The number of amides is 1. The van der Waals surface area contributed by atoms with Crippen molar-refractivity contribution in [2.45, 2.75) is 18.2 Å². The van der Waals surface area contributed by atoms with Gasteiger partial charge in [0, 0.05) is 6.42 Å². The number of ether oxygens (including phenoxy) is 1. The Morgan fingerprint density at radius 1 is 1.21 bits per heavy atom. The largest absolute Gasteiger partial charge is 0.494 e. The van der Waals surface area contributed by atoms with Crippen LogP contribution in [0, 0.1) is 6.92 Å². The van der Waals surface area contributed by atoms with Crippen molar-refractivity contribution in [3.63, 3.8) is 0 Å². The first-order valence-corrected chi connectivity index (χ1v) is 11.1. The van der Waals surface area contributed by atoms with Crippen LogP contribution in [0.25, 0.3) is 10.2 Å². The van der Waals surface area contributed by atoms with Crippen LogP contribution in [0.15, 0.2) is 41.3 Å². The number of nitrogens with one attached hydrogen (secondary N) is 2. The second-order valence-corrected chi connectivity index (χ2v) is 9.52. The zero-order chi connectivity index (χ0) is 20.3. The summed E-state index contributed by atoms with van der Waals surface area (Å²) in [5.41, 5.74) is 6.70. The van der Waals surface area contributed by atoms with Gasteiger partial charge in [0.2, 0.25) is 11.0 Å². The molecule has 2 aromatic carbocycles. The molecule has 0 saturated carbocycles. The molecule has 0 fully saturated rings. The molecule has 0 atom stereocenters. The third-order valence-corrected chi connectivity index (χ3v) is 7.13. The lowest BCUT2D eigenvalue weighted by Gasteiger charge is -2.07. The van der Waals surface area contributed by atoms with E-state index in [4.69, 9.17) is 16.3 Å². The minimum absolute atomic E-state index is 0.182. The molecule has 28 heavy (non-hydrogen) atoms. The summed E-state index contributed by atoms with van der Waals surface area (Å²) >= 11 is 7.41. The van der Waals surface area contributed by atoms with Gasteiger partial charge in [-0.3, -0.25) is 15.6 Å². The van der Waals surface area contributed by atoms with Gasteiger partial charge < -0.3 is 4.74 Å². The maximum atomic E-state index is 12.3. The van der Waals surface area contributed by atoms with Gasteiger partial charge in [-0.2, -0.15) is 0 Å². The number of hydrazine groups is 1. The molecule has 0 spiro atoms. The van der Waals surface area contributed by atoms with Gasteiger partial charge in [0.15, 0.2) is 9.84 Å². The van der Waals surface area contributed by atoms with Crippen LogP contribution in [0.4, 0.5) is 5.13 Å². The molecular formula is C18H18ClN3O4S2. The first kappa shape index (κ1) is 20.4. The summed E-state index contributed by atoms with van der Waals surface area (Å²) in [6.07, 6.45) is -0.182. The van der Waals surface area contributed by atoms with Crippen LogP contribution in [0.1, 0.15) is 12.0 Å². The number of fused-ring (bicyclic) bond motifs is 1. The molecular weight excluding hydrogens is 422 g/mol. The Kier molecular flexibility index (Phi) is 6.07. The number of aromatic nitrogens is 1. The van der Waals surface area contributed by atoms with Crippen LogP contribution in [-0.4, -0.2) is 32.2 Å². The fourth-order valence-electron chi connectivity index (χ4n) is 2.45. The van der Waals surface area contributed by atoms with Crippen LogP contribution in [0.5, 0.6) is 5.75 Å². The van der Waals surface area contributed by atoms with E-state index in [2.05, 4.69) is 15.8 Å². The predicted molar refractivity (Wildman–Crippen MR) is 111 cm³/mol. The highest BCUT2D eigenvalue weighted by Gasteiger charge is 2.17. The highest BCUT2D eigenvalue weighted by Crippen LogP contribution is 2.37. The summed E-state index contributed by atoms with van der Waals surface area (Å²) < 4.78 is 30.6. The second kappa shape index (κ2) is 8.34. The van der Waals surface area contributed by atoms with E-state index >= 15 is 0 Å². The van der Waals surface area contributed by atoms with Crippen molar-refractivity contribution < 1.29 is 17.9 Å². The van der Waals surface area contributed by atoms with Crippen molar-refractivity contribution in [3.8, 4) is 5.75 Å². The SMILES string of the molecule is COc1ccc(Cl)c2sc(NNC(=O)CCS(=O)(=O)c3ccc(C)cc3)nc12. The summed E-state index contributed by atoms with van der Waals surface area (Å²) in [5.74, 6) is -0.185. The Bertz CT molecular complexity index is 1110. The van der Waals surface area contributed by atoms with E-state index in [1.54, 1.807) is 36.4 Å². The van der Waals surface area contributed by atoms with E-state index in [1.165, 1.54) is 18.4 Å². The smallest absolute Gasteiger partial charge is 0.239 e. The summed E-state index contributed by atoms with van der Waals surface area (Å²) in [4.78, 5) is 16.6. The van der Waals surface area contributed by atoms with E-state index < -0.39 is 15.7 Å². The Labute approximate surface area is 171 Å². The molecule has 3 aromatic rings. The molecule has 1 heterocycles. The molecule has 0 aliphatic carbocycles. The monoisotopic (exact) mass is 439 g/mol. The number of anilines is 1. The molecule has 2 N–H and O–H groups in total. The maximum Gasteiger partial charge on any atom is 0.239 e. The highest BCUT2D eigenvalue weighted by atomic mass is 35.5. The quantitative estimate of drug-likeness (QED) is 0.546. The third kappa shape index (κ3) is 4.54. The van der Waals surface area contributed by atoms with Gasteiger partial charge in [-0.25, -0.2) is 13.4 Å². The number of rotatable bonds is 7. The van der Waals surface area contributed by atoms with Gasteiger partial charge in [-0.05, 0) is 31.2 Å². The van der Waals surface area contributed by atoms with Crippen molar-refractivity contribution >= 4 is 54.0 Å². The van der Waals surface area contributed by atoms with Gasteiger partial charge in [-0.1, -0.05) is 40.6 Å². The summed E-state index contributed by atoms with van der Waals surface area (Å²) in [5, 5.41) is 0.938. The van der Waals surface area contributed by atoms with Crippen molar-refractivity contribution in [2.75, 3.05) is 18.3 Å². The van der Waals surface area contributed by atoms with E-state index in [-0.39, 0.29) is 17.1 Å². The van der Waals surface area contributed by atoms with Gasteiger partial charge in [0.1, 0.15) is 11.3 Å². The Hall–Kier alpha value is -2.36. The van der Waals surface area contributed by atoms with Gasteiger partial charge in [0.25, 0.3) is 0 Å². The number of aryl methyl sites for hydroxylation is 1. The van der Waals surface area contributed by atoms with Crippen molar-refractivity contribution in [1.29, 1.82) is 0 Å². The highest BCUT2D eigenvalue weighted by molar-refractivity contribution is 7.91. The molecule has 0 radical (unpaired) electrons. The van der Waals surface area contributed by atoms with Crippen molar-refractivity contribution in [1.82, 2.24) is 10.4 Å². The molecule has 7 nitrogen and oxygen atoms in total. The number of benzene rings is 2. The average molecular weight is 440 g/mol. The molecule has 0 unspecified atom stereocenters. The van der Waals surface area contributed by atoms with Gasteiger partial charge in [0.05, 0.1) is 27.5 Å². The van der Waals surface area contributed by atoms with Crippen molar-refractivity contribution in [3.05, 3.63) is 47.0 Å². The van der Waals surface area contributed by atoms with Gasteiger partial charge >= 0.3 is 0 Å². The standard InChI is InChI=1S/C18H18ClN3O4S2/c1-11-3-5-12(6-4-11)28(24,25)10-9-15(23)21-22-18-20-16-14(26-2)8-7-13(19)17(16)27-18/h3-8H,9-10H2,1-2H3,(H,20,22)(H,21,23). The number of halogens is 1. The molecule has 1 aromatic heterocycles. The van der Waals surface area contributed by atoms with E-state index in [0.717, 1.165) is 10.3 Å². The molecule has 1 amide bonds. The molecule has 0 aliphatic rings. The zero-order valence-electron chi connectivity index (χ0n) is 15.2. The summed E-state index contributed by atoms with van der Waals surface area (Å²) in [6, 6.07) is 9.95. The molecule has 10 heteroatoms. The Morgan fingerprint density at radius 2 is 1.93 bits per heavy atom. The predicted octanol–water partition coefficient (Wildman–Crippen LogP) is 3.57. The van der Waals surface area contributed by atoms with Crippen LogP contribution < -0.4 is 15.6 Å². The van der Waals surface area contributed by atoms with Crippen LogP contribution in [0.2, 0.25) is 5.02 Å². The Balaban J connectivity index is 1.61. The number of methoxy groups -OCH3 is 1. The maximum absolute atomic E-state index is 12.3. The molecule has 0 bridgehead atoms. The minimum atomic E-state index is -3.53. The first-order chi connectivity index (χ1) is 13.3. The lowest BCUT2D eigenvalue weighted by molar-refractivity contribution is -0.120. The number of carbonyl (C=O) groups is 1. The van der Waals surface area contributed by atoms with Crippen LogP contribution in [0.3, 0.4) is 0 Å². The Morgan fingerprint density at radius 3 is 2.61 bits per heavy atom. The molecule has 148 valence electrons. The normalized spacial score (nSPS) is 11.4. The summed E-state index contributed by atoms with van der Waals surface area (Å²) in [6.45, 7) is 1.88. The second-order valence-electron chi connectivity index (χ2n) is 6.00. The number of hydrogen-bond acceptors (Lipinski definition) is 7. The molecule has 0 aliphatic heterocycles. The van der Waals surface area contributed by atoms with Gasteiger partial charge in [-0.15, -0.1) is 0 Å².